The molecular weight excluding hydrogens is 196 g/mol. The van der Waals surface area contributed by atoms with Crippen molar-refractivity contribution in [3.05, 3.63) is 32.6 Å². The molecule has 1 N–H and O–H groups in total. The van der Waals surface area contributed by atoms with Crippen molar-refractivity contribution in [2.24, 2.45) is 0 Å². The second-order valence-corrected chi connectivity index (χ2v) is 2.93. The van der Waals surface area contributed by atoms with Crippen LogP contribution in [-0.2, 0) is 4.79 Å². The Labute approximate surface area is 78.0 Å². The van der Waals surface area contributed by atoms with Gasteiger partial charge in [-0.1, -0.05) is 11.6 Å². The quantitative estimate of drug-likeness (QED) is 0.533. The van der Waals surface area contributed by atoms with Gasteiger partial charge >= 0.3 is 5.69 Å². The Balaban J connectivity index is 3.40. The van der Waals surface area contributed by atoms with Gasteiger partial charge in [-0.2, -0.15) is 0 Å². The van der Waals surface area contributed by atoms with Crippen LogP contribution >= 0.6 is 11.6 Å². The fourth-order valence-corrected chi connectivity index (χ4v) is 0.980. The predicted molar refractivity (Wildman–Crippen MR) is 47.0 cm³/mol. The van der Waals surface area contributed by atoms with Crippen LogP contribution in [0.3, 0.4) is 0 Å². The number of alkyl halides is 1. The van der Waals surface area contributed by atoms with Crippen LogP contribution in [0.5, 0.6) is 0 Å². The molecule has 13 heavy (non-hydrogen) atoms. The minimum Gasteiger partial charge on any atom is -0.300 e. The van der Waals surface area contributed by atoms with E-state index < -0.39 is 16.8 Å². The monoisotopic (exact) mass is 202 g/mol. The van der Waals surface area contributed by atoms with Crippen LogP contribution in [0.2, 0.25) is 0 Å². The fourth-order valence-electron chi connectivity index (χ4n) is 0.835. The number of halogens is 1. The SMILES string of the molecule is Cc1cn(C(Cl)C=O)c(=O)[nH]c1=O. The molecule has 0 aliphatic carbocycles. The molecule has 5 nitrogen and oxygen atoms in total. The van der Waals surface area contributed by atoms with E-state index in [1.807, 2.05) is 4.98 Å². The summed E-state index contributed by atoms with van der Waals surface area (Å²) in [4.78, 5) is 34.3. The molecule has 0 aliphatic heterocycles. The Morgan fingerprint density at radius 1 is 1.62 bits per heavy atom. The van der Waals surface area contributed by atoms with Crippen LogP contribution < -0.4 is 11.2 Å². The van der Waals surface area contributed by atoms with E-state index in [4.69, 9.17) is 11.6 Å². The molecule has 1 aromatic heterocycles. The summed E-state index contributed by atoms with van der Waals surface area (Å²) in [7, 11) is 0. The van der Waals surface area contributed by atoms with E-state index in [9.17, 15) is 14.4 Å². The van der Waals surface area contributed by atoms with E-state index in [-0.39, 0.29) is 0 Å². The summed E-state index contributed by atoms with van der Waals surface area (Å²) >= 11 is 5.49. The molecule has 0 radical (unpaired) electrons. The van der Waals surface area contributed by atoms with Gasteiger partial charge < -0.3 is 0 Å². The molecule has 0 aliphatic rings. The normalized spacial score (nSPS) is 12.5. The van der Waals surface area contributed by atoms with E-state index in [0.717, 1.165) is 4.57 Å². The van der Waals surface area contributed by atoms with Gasteiger partial charge in [-0.25, -0.2) is 4.79 Å². The Morgan fingerprint density at radius 2 is 2.23 bits per heavy atom. The molecule has 0 saturated heterocycles. The maximum Gasteiger partial charge on any atom is 0.329 e. The second kappa shape index (κ2) is 3.57. The highest BCUT2D eigenvalue weighted by molar-refractivity contribution is 6.25. The molecule has 1 atom stereocenters. The average Bonchev–Trinajstić information content (AvgIpc) is 2.10. The van der Waals surface area contributed by atoms with E-state index in [1.54, 1.807) is 0 Å². The van der Waals surface area contributed by atoms with Crippen molar-refractivity contribution in [2.75, 3.05) is 0 Å². The third kappa shape index (κ3) is 1.86. The molecule has 0 amide bonds. The van der Waals surface area contributed by atoms with Crippen LogP contribution in [0.15, 0.2) is 15.8 Å². The highest BCUT2D eigenvalue weighted by Gasteiger charge is 2.08. The summed E-state index contributed by atoms with van der Waals surface area (Å²) in [6.45, 7) is 1.52. The lowest BCUT2D eigenvalue weighted by molar-refractivity contribution is -0.108. The smallest absolute Gasteiger partial charge is 0.300 e. The lowest BCUT2D eigenvalue weighted by Gasteiger charge is -2.05. The largest absolute Gasteiger partial charge is 0.329 e. The number of rotatable bonds is 2. The van der Waals surface area contributed by atoms with Gasteiger partial charge in [0, 0.05) is 11.8 Å². The summed E-state index contributed by atoms with van der Waals surface area (Å²) in [5.74, 6) is 0. The molecule has 0 fully saturated rings. The van der Waals surface area contributed by atoms with Gasteiger partial charge in [-0.05, 0) is 6.92 Å². The Bertz CT molecular complexity index is 434. The number of carbonyl (C=O) groups excluding carboxylic acids is 1. The Kier molecular flexibility index (Phi) is 2.67. The van der Waals surface area contributed by atoms with E-state index in [1.165, 1.54) is 13.1 Å². The summed E-state index contributed by atoms with van der Waals surface area (Å²) in [5.41, 5.74) is -1.92. The van der Waals surface area contributed by atoms with Crippen molar-refractivity contribution in [1.82, 2.24) is 9.55 Å². The lowest BCUT2D eigenvalue weighted by atomic mass is 10.4. The van der Waals surface area contributed by atoms with Crippen LogP contribution in [0.1, 0.15) is 11.1 Å². The highest BCUT2D eigenvalue weighted by Crippen LogP contribution is 2.03. The number of carbonyl (C=O) groups is 1. The molecule has 6 heteroatoms. The maximum absolute atomic E-state index is 11.1. The number of nitrogens with one attached hydrogen (secondary N) is 1. The van der Waals surface area contributed by atoms with Crippen molar-refractivity contribution in [2.45, 2.75) is 12.4 Å². The van der Waals surface area contributed by atoms with Crippen molar-refractivity contribution < 1.29 is 4.79 Å². The summed E-state index contributed by atoms with van der Waals surface area (Å²) < 4.78 is 0.950. The van der Waals surface area contributed by atoms with Crippen molar-refractivity contribution in [3.8, 4) is 0 Å². The van der Waals surface area contributed by atoms with Gasteiger partial charge in [0.15, 0.2) is 11.8 Å². The number of hydrogen-bond acceptors (Lipinski definition) is 3. The first-order valence-corrected chi connectivity index (χ1v) is 3.91. The van der Waals surface area contributed by atoms with E-state index >= 15 is 0 Å². The number of aryl methyl sites for hydroxylation is 1. The number of H-pyrrole nitrogens is 1. The number of aldehydes is 1. The number of aromatic nitrogens is 2. The highest BCUT2D eigenvalue weighted by atomic mass is 35.5. The Morgan fingerprint density at radius 3 is 2.77 bits per heavy atom. The molecule has 0 spiro atoms. The average molecular weight is 203 g/mol. The van der Waals surface area contributed by atoms with Crippen molar-refractivity contribution in [1.29, 1.82) is 0 Å². The Hall–Kier alpha value is -1.36. The zero-order chi connectivity index (χ0) is 10.0. The second-order valence-electron chi connectivity index (χ2n) is 2.49. The first-order chi connectivity index (χ1) is 6.06. The van der Waals surface area contributed by atoms with Crippen LogP contribution in [0, 0.1) is 6.92 Å². The molecule has 0 bridgehead atoms. The third-order valence-corrected chi connectivity index (χ3v) is 1.84. The van der Waals surface area contributed by atoms with E-state index in [0.29, 0.717) is 11.8 Å². The molecule has 70 valence electrons. The fraction of sp³-hybridized carbons (Fsp3) is 0.286. The molecule has 0 aromatic carbocycles. The summed E-state index contributed by atoms with van der Waals surface area (Å²) in [6, 6.07) is 0. The van der Waals surface area contributed by atoms with Gasteiger partial charge in [0.25, 0.3) is 5.56 Å². The third-order valence-electron chi connectivity index (χ3n) is 1.52. The molecule has 0 saturated carbocycles. The molecular formula is C7H7ClN2O3. The van der Waals surface area contributed by atoms with Crippen LogP contribution in [0.25, 0.3) is 0 Å². The van der Waals surface area contributed by atoms with Gasteiger partial charge in [0.1, 0.15) is 0 Å². The van der Waals surface area contributed by atoms with E-state index in [2.05, 4.69) is 0 Å². The van der Waals surface area contributed by atoms with Gasteiger partial charge in [-0.15, -0.1) is 0 Å². The predicted octanol–water partition coefficient (Wildman–Crippen LogP) is -0.219. The molecule has 1 heterocycles. The lowest BCUT2D eigenvalue weighted by Crippen LogP contribution is -2.32. The summed E-state index contributed by atoms with van der Waals surface area (Å²) in [5, 5.41) is 0. The zero-order valence-electron chi connectivity index (χ0n) is 6.78. The van der Waals surface area contributed by atoms with Crippen molar-refractivity contribution >= 4 is 17.9 Å². The zero-order valence-corrected chi connectivity index (χ0v) is 7.54. The maximum atomic E-state index is 11.1. The number of nitrogens with zero attached hydrogens (tertiary/aromatic N) is 1. The molecule has 1 rings (SSSR count). The van der Waals surface area contributed by atoms with Crippen LogP contribution in [0.4, 0.5) is 0 Å². The number of hydrogen-bond donors (Lipinski definition) is 1. The first kappa shape index (κ1) is 9.73. The number of aromatic amines is 1. The van der Waals surface area contributed by atoms with Crippen molar-refractivity contribution in [3.63, 3.8) is 0 Å². The molecule has 1 unspecified atom stereocenters. The first-order valence-electron chi connectivity index (χ1n) is 3.47. The van der Waals surface area contributed by atoms with Gasteiger partial charge in [0.2, 0.25) is 0 Å². The molecule has 1 aromatic rings. The minimum absolute atomic E-state index is 0.326. The topological polar surface area (TPSA) is 71.9 Å². The minimum atomic E-state index is -1.08. The van der Waals surface area contributed by atoms with Gasteiger partial charge in [-0.3, -0.25) is 19.1 Å². The summed E-state index contributed by atoms with van der Waals surface area (Å²) in [6.07, 6.45) is 1.65. The van der Waals surface area contributed by atoms with Crippen LogP contribution in [-0.4, -0.2) is 15.8 Å². The standard InChI is InChI=1S/C7H7ClN2O3/c1-4-2-10(5(8)3-11)7(13)9-6(4)12/h2-3,5H,1H3,(H,9,12,13). The van der Waals surface area contributed by atoms with Gasteiger partial charge in [0.05, 0.1) is 0 Å².